The molecule has 1 rings (SSSR count). The van der Waals surface area contributed by atoms with Crippen LogP contribution in [-0.2, 0) is 17.8 Å². The van der Waals surface area contributed by atoms with E-state index < -0.39 is 0 Å². The van der Waals surface area contributed by atoms with Gasteiger partial charge in [-0.15, -0.1) is 0 Å². The van der Waals surface area contributed by atoms with Crippen molar-refractivity contribution in [3.8, 4) is 0 Å². The number of carbonyl (C=O) groups excluding carboxylic acids is 1. The molecule has 1 N–H and O–H groups in total. The Bertz CT molecular complexity index is 548. The van der Waals surface area contributed by atoms with E-state index in [-0.39, 0.29) is 16.9 Å². The molecule has 0 saturated carbocycles. The molecule has 1 aromatic rings. The van der Waals surface area contributed by atoms with Crippen LogP contribution in [0.25, 0.3) is 0 Å². The molecule has 0 saturated heterocycles. The monoisotopic (exact) mass is 321 g/mol. The molecule has 1 aromatic heterocycles. The van der Waals surface area contributed by atoms with Crippen LogP contribution in [0.15, 0.2) is 0 Å². The average Bonchev–Trinajstić information content (AvgIpc) is 2.51. The van der Waals surface area contributed by atoms with Crippen LogP contribution in [0.3, 0.4) is 0 Å². The molecule has 0 aromatic carbocycles. The minimum atomic E-state index is -0.203. The predicted octanol–water partition coefficient (Wildman–Crippen LogP) is 4.03. The van der Waals surface area contributed by atoms with E-state index in [0.29, 0.717) is 12.3 Å². The summed E-state index contributed by atoms with van der Waals surface area (Å²) in [4.78, 5) is 12.5. The van der Waals surface area contributed by atoms with Crippen LogP contribution in [0.2, 0.25) is 0 Å². The second-order valence-electron chi connectivity index (χ2n) is 9.07. The third-order valence-corrected chi connectivity index (χ3v) is 3.86. The zero-order valence-corrected chi connectivity index (χ0v) is 16.5. The fourth-order valence-corrected chi connectivity index (χ4v) is 3.47. The highest BCUT2D eigenvalue weighted by atomic mass is 16.1. The molecule has 23 heavy (non-hydrogen) atoms. The standard InChI is InChI=1S/C19H35N3O/c1-13(2)11-22-15(4)16(14(3)21-22)10-17(23)20-19(8,9)12-18(5,6)7/h13H,10-12H2,1-9H3,(H,20,23). The highest BCUT2D eigenvalue weighted by Crippen LogP contribution is 2.27. The molecule has 0 bridgehead atoms. The molecule has 0 fully saturated rings. The van der Waals surface area contributed by atoms with E-state index in [1.54, 1.807) is 0 Å². The summed E-state index contributed by atoms with van der Waals surface area (Å²) in [5.41, 5.74) is 3.12. The summed E-state index contributed by atoms with van der Waals surface area (Å²) in [5, 5.41) is 7.79. The van der Waals surface area contributed by atoms with Crippen molar-refractivity contribution in [3.63, 3.8) is 0 Å². The largest absolute Gasteiger partial charge is 0.351 e. The maximum atomic E-state index is 12.5. The SMILES string of the molecule is Cc1nn(CC(C)C)c(C)c1CC(=O)NC(C)(C)CC(C)(C)C. The summed E-state index contributed by atoms with van der Waals surface area (Å²) in [6, 6.07) is 0. The number of aryl methyl sites for hydroxylation is 1. The number of carbonyl (C=O) groups is 1. The van der Waals surface area contributed by atoms with Gasteiger partial charge in [0.25, 0.3) is 0 Å². The van der Waals surface area contributed by atoms with Crippen molar-refractivity contribution in [2.75, 3.05) is 0 Å². The van der Waals surface area contributed by atoms with Crippen LogP contribution >= 0.6 is 0 Å². The minimum Gasteiger partial charge on any atom is -0.351 e. The smallest absolute Gasteiger partial charge is 0.224 e. The van der Waals surface area contributed by atoms with Gasteiger partial charge in [-0.2, -0.15) is 5.10 Å². The lowest BCUT2D eigenvalue weighted by atomic mass is 9.81. The predicted molar refractivity (Wildman–Crippen MR) is 96.5 cm³/mol. The topological polar surface area (TPSA) is 46.9 Å². The Balaban J connectivity index is 2.80. The summed E-state index contributed by atoms with van der Waals surface area (Å²) in [7, 11) is 0. The van der Waals surface area contributed by atoms with Gasteiger partial charge in [0.1, 0.15) is 0 Å². The van der Waals surface area contributed by atoms with Gasteiger partial charge in [-0.1, -0.05) is 34.6 Å². The molecule has 0 radical (unpaired) electrons. The maximum Gasteiger partial charge on any atom is 0.224 e. The number of hydrogen-bond acceptors (Lipinski definition) is 2. The average molecular weight is 322 g/mol. The third-order valence-electron chi connectivity index (χ3n) is 3.86. The quantitative estimate of drug-likeness (QED) is 0.860. The van der Waals surface area contributed by atoms with E-state index in [0.717, 1.165) is 29.9 Å². The highest BCUT2D eigenvalue weighted by Gasteiger charge is 2.27. The molecular formula is C19H35N3O. The fraction of sp³-hybridized carbons (Fsp3) is 0.789. The van der Waals surface area contributed by atoms with Crippen molar-refractivity contribution < 1.29 is 4.79 Å². The van der Waals surface area contributed by atoms with Crippen molar-refractivity contribution in [2.24, 2.45) is 11.3 Å². The first-order valence-electron chi connectivity index (χ1n) is 8.64. The van der Waals surface area contributed by atoms with Crippen molar-refractivity contribution >= 4 is 5.91 Å². The molecule has 0 aliphatic carbocycles. The molecule has 4 nitrogen and oxygen atoms in total. The highest BCUT2D eigenvalue weighted by molar-refractivity contribution is 5.79. The lowest BCUT2D eigenvalue weighted by molar-refractivity contribution is -0.122. The molecule has 0 unspecified atom stereocenters. The molecular weight excluding hydrogens is 286 g/mol. The molecule has 0 spiro atoms. The summed E-state index contributed by atoms with van der Waals surface area (Å²) >= 11 is 0. The van der Waals surface area contributed by atoms with E-state index in [1.165, 1.54) is 0 Å². The summed E-state index contributed by atoms with van der Waals surface area (Å²) < 4.78 is 2.03. The van der Waals surface area contributed by atoms with Gasteiger partial charge >= 0.3 is 0 Å². The molecule has 132 valence electrons. The van der Waals surface area contributed by atoms with E-state index in [2.05, 4.69) is 65.8 Å². The second-order valence-corrected chi connectivity index (χ2v) is 9.07. The van der Waals surface area contributed by atoms with Crippen LogP contribution < -0.4 is 5.32 Å². The van der Waals surface area contributed by atoms with Gasteiger partial charge < -0.3 is 5.32 Å². The van der Waals surface area contributed by atoms with Crippen molar-refractivity contribution in [3.05, 3.63) is 17.0 Å². The number of rotatable bonds is 6. The van der Waals surface area contributed by atoms with Crippen molar-refractivity contribution in [1.82, 2.24) is 15.1 Å². The van der Waals surface area contributed by atoms with Gasteiger partial charge in [-0.25, -0.2) is 0 Å². The second kappa shape index (κ2) is 7.06. The maximum absolute atomic E-state index is 12.5. The molecule has 0 aliphatic rings. The van der Waals surface area contributed by atoms with Gasteiger partial charge in [0.2, 0.25) is 5.91 Å². The van der Waals surface area contributed by atoms with Crippen LogP contribution in [0.4, 0.5) is 0 Å². The molecule has 0 atom stereocenters. The number of aromatic nitrogens is 2. The third kappa shape index (κ3) is 6.36. The van der Waals surface area contributed by atoms with Crippen LogP contribution in [0.5, 0.6) is 0 Å². The Morgan fingerprint density at radius 2 is 1.74 bits per heavy atom. The normalized spacial score (nSPS) is 12.8. The van der Waals surface area contributed by atoms with E-state index >= 15 is 0 Å². The number of hydrogen-bond donors (Lipinski definition) is 1. The lowest BCUT2D eigenvalue weighted by Crippen LogP contribution is -2.46. The first-order valence-corrected chi connectivity index (χ1v) is 8.64. The Morgan fingerprint density at radius 3 is 2.22 bits per heavy atom. The van der Waals surface area contributed by atoms with Crippen molar-refractivity contribution in [2.45, 2.75) is 87.2 Å². The fourth-order valence-electron chi connectivity index (χ4n) is 3.47. The first-order chi connectivity index (χ1) is 10.3. The summed E-state index contributed by atoms with van der Waals surface area (Å²) in [6.07, 6.45) is 1.35. The van der Waals surface area contributed by atoms with Gasteiger partial charge in [0.15, 0.2) is 0 Å². The summed E-state index contributed by atoms with van der Waals surface area (Å²) in [6.45, 7) is 20.1. The number of nitrogens with one attached hydrogen (secondary N) is 1. The van der Waals surface area contributed by atoms with Crippen LogP contribution in [-0.4, -0.2) is 21.2 Å². The Kier molecular flexibility index (Phi) is 6.06. The zero-order chi connectivity index (χ0) is 18.0. The number of nitrogens with zero attached hydrogens (tertiary/aromatic N) is 2. The van der Waals surface area contributed by atoms with Gasteiger partial charge in [0.05, 0.1) is 12.1 Å². The van der Waals surface area contributed by atoms with Crippen LogP contribution in [0.1, 0.15) is 71.8 Å². The van der Waals surface area contributed by atoms with Crippen molar-refractivity contribution in [1.29, 1.82) is 0 Å². The van der Waals surface area contributed by atoms with Gasteiger partial charge in [-0.3, -0.25) is 9.48 Å². The molecule has 0 aliphatic heterocycles. The van der Waals surface area contributed by atoms with E-state index in [4.69, 9.17) is 0 Å². The Morgan fingerprint density at radius 1 is 1.17 bits per heavy atom. The van der Waals surface area contributed by atoms with E-state index in [9.17, 15) is 4.79 Å². The lowest BCUT2D eigenvalue weighted by Gasteiger charge is -2.33. The Hall–Kier alpha value is -1.32. The van der Waals surface area contributed by atoms with Gasteiger partial charge in [0, 0.05) is 23.3 Å². The molecule has 4 heteroatoms. The summed E-state index contributed by atoms with van der Waals surface area (Å²) in [5.74, 6) is 0.620. The number of amides is 1. The minimum absolute atomic E-state index is 0.0783. The van der Waals surface area contributed by atoms with E-state index in [1.807, 2.05) is 11.6 Å². The van der Waals surface area contributed by atoms with Crippen LogP contribution in [0, 0.1) is 25.2 Å². The zero-order valence-electron chi connectivity index (χ0n) is 16.5. The first kappa shape index (κ1) is 19.7. The Labute approximate surface area is 142 Å². The molecule has 1 heterocycles. The molecule has 1 amide bonds. The van der Waals surface area contributed by atoms with Gasteiger partial charge in [-0.05, 0) is 45.4 Å².